The molecule has 0 aromatic heterocycles. The van der Waals surface area contributed by atoms with Crippen LogP contribution < -0.4 is 14.4 Å². The quantitative estimate of drug-likeness (QED) is 0.265. The first-order valence-electron chi connectivity index (χ1n) is 13.9. The van der Waals surface area contributed by atoms with Crippen LogP contribution in [0.1, 0.15) is 43.9 Å². The Balaban J connectivity index is 2.13. The number of nitrogens with one attached hydrogen (secondary N) is 1. The lowest BCUT2D eigenvalue weighted by atomic mass is 10.1. The lowest BCUT2D eigenvalue weighted by Crippen LogP contribution is -2.52. The summed E-state index contributed by atoms with van der Waals surface area (Å²) in [7, 11) is -2.84. The molecule has 42 heavy (non-hydrogen) atoms. The first kappa shape index (κ1) is 32.9. The van der Waals surface area contributed by atoms with Gasteiger partial charge >= 0.3 is 0 Å². The summed E-state index contributed by atoms with van der Waals surface area (Å²) < 4.78 is 34.7. The van der Waals surface area contributed by atoms with E-state index in [2.05, 4.69) is 5.32 Å². The van der Waals surface area contributed by atoms with Gasteiger partial charge < -0.3 is 15.0 Å². The van der Waals surface area contributed by atoms with Crippen LogP contribution in [-0.4, -0.2) is 51.4 Å². The molecule has 3 aromatic carbocycles. The molecule has 0 spiro atoms. The molecule has 0 unspecified atom stereocenters. The summed E-state index contributed by atoms with van der Waals surface area (Å²) in [5.41, 5.74) is 2.81. The molecule has 3 rings (SSSR count). The molecule has 0 fully saturated rings. The standard InChI is InChI=1S/C32H40ClN3O5S/c1-7-28(32(38)34-19-22(2)3)35(20-25-11-9-8-10-24(25)5)31(37)21-36(29-18-26(33)14-17-30(29)41-6)42(39,40)27-15-12-23(4)13-16-27/h8-18,22,28H,7,19-21H2,1-6H3,(H,34,38)/t28-/m1/s1. The van der Waals surface area contributed by atoms with Gasteiger partial charge in [0.1, 0.15) is 18.3 Å². The van der Waals surface area contributed by atoms with Crippen LogP contribution in [0.15, 0.2) is 71.6 Å². The van der Waals surface area contributed by atoms with Crippen molar-refractivity contribution in [2.75, 3.05) is 24.5 Å². The van der Waals surface area contributed by atoms with E-state index in [0.29, 0.717) is 13.0 Å². The molecule has 1 N–H and O–H groups in total. The van der Waals surface area contributed by atoms with E-state index in [4.69, 9.17) is 16.3 Å². The van der Waals surface area contributed by atoms with Crippen LogP contribution in [0.3, 0.4) is 0 Å². The van der Waals surface area contributed by atoms with Crippen LogP contribution in [-0.2, 0) is 26.2 Å². The van der Waals surface area contributed by atoms with Crippen molar-refractivity contribution >= 4 is 39.1 Å². The molecule has 226 valence electrons. The number of hydrogen-bond donors (Lipinski definition) is 1. The normalized spacial score (nSPS) is 12.1. The van der Waals surface area contributed by atoms with Gasteiger partial charge in [0.2, 0.25) is 11.8 Å². The minimum absolute atomic E-state index is 0.00935. The maximum atomic E-state index is 14.3. The molecule has 0 heterocycles. The molecule has 0 aliphatic rings. The molecule has 0 radical (unpaired) electrons. The van der Waals surface area contributed by atoms with Crippen molar-refractivity contribution < 1.29 is 22.7 Å². The van der Waals surface area contributed by atoms with Crippen molar-refractivity contribution in [1.82, 2.24) is 10.2 Å². The Morgan fingerprint density at radius 3 is 2.26 bits per heavy atom. The molecular formula is C32H40ClN3O5S. The van der Waals surface area contributed by atoms with Crippen LogP contribution in [0, 0.1) is 19.8 Å². The Kier molecular flexibility index (Phi) is 11.4. The molecule has 0 aliphatic carbocycles. The monoisotopic (exact) mass is 613 g/mol. The average molecular weight is 614 g/mol. The van der Waals surface area contributed by atoms with Gasteiger partial charge in [-0.1, -0.05) is 74.3 Å². The SMILES string of the molecule is CC[C@H](C(=O)NCC(C)C)N(Cc1ccccc1C)C(=O)CN(c1cc(Cl)ccc1OC)S(=O)(=O)c1ccc(C)cc1. The summed E-state index contributed by atoms with van der Waals surface area (Å²) in [4.78, 5) is 29.1. The van der Waals surface area contributed by atoms with Gasteiger partial charge in [0.25, 0.3) is 10.0 Å². The van der Waals surface area contributed by atoms with Gasteiger partial charge in [-0.2, -0.15) is 0 Å². The maximum absolute atomic E-state index is 14.3. The predicted molar refractivity (Wildman–Crippen MR) is 167 cm³/mol. The number of aryl methyl sites for hydroxylation is 2. The highest BCUT2D eigenvalue weighted by Gasteiger charge is 2.35. The van der Waals surface area contributed by atoms with E-state index in [9.17, 15) is 18.0 Å². The highest BCUT2D eigenvalue weighted by molar-refractivity contribution is 7.92. The Labute approximate surface area is 254 Å². The van der Waals surface area contributed by atoms with Gasteiger partial charge in [-0.25, -0.2) is 8.42 Å². The van der Waals surface area contributed by atoms with Gasteiger partial charge in [0.15, 0.2) is 0 Å². The summed E-state index contributed by atoms with van der Waals surface area (Å²) >= 11 is 6.31. The number of anilines is 1. The summed E-state index contributed by atoms with van der Waals surface area (Å²) in [5.74, 6) is -0.378. The number of hydrogen-bond acceptors (Lipinski definition) is 5. The van der Waals surface area contributed by atoms with Crippen LogP contribution in [0.25, 0.3) is 0 Å². The smallest absolute Gasteiger partial charge is 0.264 e. The zero-order valence-corrected chi connectivity index (χ0v) is 26.6. The molecule has 2 amide bonds. The van der Waals surface area contributed by atoms with Crippen LogP contribution >= 0.6 is 11.6 Å². The number of rotatable bonds is 13. The Bertz CT molecular complexity index is 1490. The zero-order chi connectivity index (χ0) is 31.0. The zero-order valence-electron chi connectivity index (χ0n) is 25.1. The van der Waals surface area contributed by atoms with E-state index in [-0.39, 0.29) is 39.7 Å². The van der Waals surface area contributed by atoms with Gasteiger partial charge in [-0.15, -0.1) is 0 Å². The maximum Gasteiger partial charge on any atom is 0.264 e. The molecule has 3 aromatic rings. The molecule has 0 bridgehead atoms. The molecule has 0 saturated heterocycles. The largest absolute Gasteiger partial charge is 0.495 e. The van der Waals surface area contributed by atoms with Crippen LogP contribution in [0.2, 0.25) is 5.02 Å². The average Bonchev–Trinajstić information content (AvgIpc) is 2.95. The number of sulfonamides is 1. The summed E-state index contributed by atoms with van der Waals surface area (Å²) in [5, 5.41) is 3.22. The van der Waals surface area contributed by atoms with E-state index in [0.717, 1.165) is 21.0 Å². The fraction of sp³-hybridized carbons (Fsp3) is 0.375. The fourth-order valence-electron chi connectivity index (χ4n) is 4.52. The van der Waals surface area contributed by atoms with Crippen molar-refractivity contribution in [3.8, 4) is 5.75 Å². The van der Waals surface area contributed by atoms with E-state index in [1.165, 1.54) is 30.2 Å². The summed E-state index contributed by atoms with van der Waals surface area (Å²) in [6, 6.07) is 17.8. The number of methoxy groups -OCH3 is 1. The number of benzene rings is 3. The number of carbonyl (C=O) groups excluding carboxylic acids is 2. The third-order valence-electron chi connectivity index (χ3n) is 6.97. The lowest BCUT2D eigenvalue weighted by molar-refractivity contribution is -0.140. The van der Waals surface area contributed by atoms with Crippen molar-refractivity contribution in [2.45, 2.75) is 58.5 Å². The lowest BCUT2D eigenvalue weighted by Gasteiger charge is -2.34. The van der Waals surface area contributed by atoms with Crippen LogP contribution in [0.4, 0.5) is 5.69 Å². The number of carbonyl (C=O) groups is 2. The van der Waals surface area contributed by atoms with Gasteiger partial charge in [-0.3, -0.25) is 13.9 Å². The second-order valence-corrected chi connectivity index (χ2v) is 13.0. The fourth-order valence-corrected chi connectivity index (χ4v) is 6.10. The van der Waals surface area contributed by atoms with Crippen LogP contribution in [0.5, 0.6) is 5.75 Å². The third-order valence-corrected chi connectivity index (χ3v) is 8.98. The van der Waals surface area contributed by atoms with E-state index in [1.54, 1.807) is 24.3 Å². The molecule has 8 nitrogen and oxygen atoms in total. The van der Waals surface area contributed by atoms with Gasteiger partial charge in [0.05, 0.1) is 17.7 Å². The van der Waals surface area contributed by atoms with Gasteiger partial charge in [0, 0.05) is 18.1 Å². The number of ether oxygens (including phenoxy) is 1. The summed E-state index contributed by atoms with van der Waals surface area (Å²) in [6.45, 7) is 9.61. The number of halogens is 1. The molecule has 1 atom stereocenters. The van der Waals surface area contributed by atoms with Crippen molar-refractivity contribution in [1.29, 1.82) is 0 Å². The number of amides is 2. The first-order valence-corrected chi connectivity index (χ1v) is 15.7. The minimum atomic E-state index is -4.26. The second kappa shape index (κ2) is 14.6. The molecule has 10 heteroatoms. The van der Waals surface area contributed by atoms with Gasteiger partial charge in [-0.05, 0) is 67.6 Å². The Hall–Kier alpha value is -3.56. The molecule has 0 saturated carbocycles. The first-order chi connectivity index (χ1) is 19.9. The van der Waals surface area contributed by atoms with E-state index < -0.39 is 28.5 Å². The topological polar surface area (TPSA) is 96.0 Å². The molecular weight excluding hydrogens is 574 g/mol. The third kappa shape index (κ3) is 8.04. The number of nitrogens with zero attached hydrogens (tertiary/aromatic N) is 2. The Morgan fingerprint density at radius 2 is 1.67 bits per heavy atom. The van der Waals surface area contributed by atoms with Crippen molar-refractivity contribution in [3.63, 3.8) is 0 Å². The molecule has 0 aliphatic heterocycles. The minimum Gasteiger partial charge on any atom is -0.495 e. The highest BCUT2D eigenvalue weighted by atomic mass is 35.5. The van der Waals surface area contributed by atoms with E-state index in [1.807, 2.05) is 58.9 Å². The second-order valence-electron chi connectivity index (χ2n) is 10.7. The predicted octanol–water partition coefficient (Wildman–Crippen LogP) is 5.74. The Morgan fingerprint density at radius 1 is 1.00 bits per heavy atom. The van der Waals surface area contributed by atoms with E-state index >= 15 is 0 Å². The van der Waals surface area contributed by atoms with Crippen molar-refractivity contribution in [3.05, 3.63) is 88.4 Å². The highest BCUT2D eigenvalue weighted by Crippen LogP contribution is 2.35. The summed E-state index contributed by atoms with van der Waals surface area (Å²) in [6.07, 6.45) is 0.340. The van der Waals surface area contributed by atoms with Crippen molar-refractivity contribution in [2.24, 2.45) is 5.92 Å².